The van der Waals surface area contributed by atoms with Crippen LogP contribution in [-0.2, 0) is 14.4 Å². The van der Waals surface area contributed by atoms with Gasteiger partial charge in [-0.25, -0.2) is 0 Å². The van der Waals surface area contributed by atoms with Gasteiger partial charge in [0.05, 0.1) is 0 Å². The number of aliphatic carboxylic acids is 1. The second-order valence-electron chi connectivity index (χ2n) is 4.74. The molecule has 1 heterocycles. The van der Waals surface area contributed by atoms with Crippen molar-refractivity contribution in [2.75, 3.05) is 13.1 Å². The van der Waals surface area contributed by atoms with Crippen LogP contribution >= 0.6 is 0 Å². The zero-order valence-electron chi connectivity index (χ0n) is 11.4. The van der Waals surface area contributed by atoms with Gasteiger partial charge in [-0.2, -0.15) is 0 Å². The lowest BCUT2D eigenvalue weighted by Crippen LogP contribution is -2.51. The summed E-state index contributed by atoms with van der Waals surface area (Å²) in [5.74, 6) is -1.02. The number of carbonyl (C=O) groups is 3. The molecule has 1 aliphatic heterocycles. The van der Waals surface area contributed by atoms with E-state index in [1.54, 1.807) is 11.8 Å². The van der Waals surface area contributed by atoms with Gasteiger partial charge >= 0.3 is 5.97 Å². The summed E-state index contributed by atoms with van der Waals surface area (Å²) < 4.78 is 0. The highest BCUT2D eigenvalue weighted by Crippen LogP contribution is 2.18. The molecule has 0 bridgehead atoms. The van der Waals surface area contributed by atoms with Gasteiger partial charge < -0.3 is 15.3 Å². The minimum atomic E-state index is -0.866. The Morgan fingerprint density at radius 2 is 2.05 bits per heavy atom. The van der Waals surface area contributed by atoms with Crippen LogP contribution in [0.3, 0.4) is 0 Å². The number of carboxylic acid groups (broad SMARTS) is 1. The first-order chi connectivity index (χ1) is 9.06. The Labute approximate surface area is 113 Å². The summed E-state index contributed by atoms with van der Waals surface area (Å²) >= 11 is 0. The smallest absolute Gasteiger partial charge is 0.303 e. The van der Waals surface area contributed by atoms with Crippen molar-refractivity contribution < 1.29 is 19.5 Å². The third kappa shape index (κ3) is 4.89. The van der Waals surface area contributed by atoms with Crippen molar-refractivity contribution in [3.05, 3.63) is 0 Å². The van der Waals surface area contributed by atoms with Crippen LogP contribution in [0.15, 0.2) is 0 Å². The van der Waals surface area contributed by atoms with E-state index in [9.17, 15) is 14.4 Å². The molecule has 0 aromatic heterocycles. The topological polar surface area (TPSA) is 86.7 Å². The number of piperidine rings is 1. The summed E-state index contributed by atoms with van der Waals surface area (Å²) in [6.07, 6.45) is 3.44. The standard InChI is InChI=1S/C13H22N2O4/c1-2-11(16)15-9-4-3-6-10(15)13(19)14-8-5-7-12(17)18/h10H,2-9H2,1H3,(H,14,19)(H,17,18). The first kappa shape index (κ1) is 15.5. The Bertz CT molecular complexity index is 344. The fourth-order valence-electron chi connectivity index (χ4n) is 2.27. The number of amides is 2. The second kappa shape index (κ2) is 7.76. The third-order valence-corrected chi connectivity index (χ3v) is 3.29. The Morgan fingerprint density at radius 3 is 2.68 bits per heavy atom. The van der Waals surface area contributed by atoms with Crippen LogP contribution in [0.4, 0.5) is 0 Å². The summed E-state index contributed by atoms with van der Waals surface area (Å²) in [6.45, 7) is 2.77. The summed E-state index contributed by atoms with van der Waals surface area (Å²) in [4.78, 5) is 35.8. The molecule has 1 rings (SSSR count). The van der Waals surface area contributed by atoms with E-state index in [1.165, 1.54) is 0 Å². The van der Waals surface area contributed by atoms with E-state index in [2.05, 4.69) is 5.32 Å². The van der Waals surface area contributed by atoms with Gasteiger partial charge in [-0.15, -0.1) is 0 Å². The van der Waals surface area contributed by atoms with Crippen molar-refractivity contribution in [2.24, 2.45) is 0 Å². The number of carboxylic acids is 1. The Kier molecular flexibility index (Phi) is 6.32. The molecule has 19 heavy (non-hydrogen) atoms. The molecule has 0 spiro atoms. The minimum Gasteiger partial charge on any atom is -0.481 e. The fourth-order valence-corrected chi connectivity index (χ4v) is 2.27. The monoisotopic (exact) mass is 270 g/mol. The molecule has 6 nitrogen and oxygen atoms in total. The molecule has 1 saturated heterocycles. The average molecular weight is 270 g/mol. The van der Waals surface area contributed by atoms with Crippen LogP contribution in [0.2, 0.25) is 0 Å². The van der Waals surface area contributed by atoms with Gasteiger partial charge in [0, 0.05) is 25.9 Å². The van der Waals surface area contributed by atoms with Crippen molar-refractivity contribution in [2.45, 2.75) is 51.5 Å². The quantitative estimate of drug-likeness (QED) is 0.698. The lowest BCUT2D eigenvalue weighted by atomic mass is 10.0. The molecule has 1 atom stereocenters. The third-order valence-electron chi connectivity index (χ3n) is 3.29. The first-order valence-electron chi connectivity index (χ1n) is 6.85. The number of likely N-dealkylation sites (tertiary alicyclic amines) is 1. The molecule has 1 unspecified atom stereocenters. The van der Waals surface area contributed by atoms with Gasteiger partial charge in [-0.3, -0.25) is 14.4 Å². The molecule has 108 valence electrons. The molecule has 0 aromatic carbocycles. The number of hydrogen-bond donors (Lipinski definition) is 2. The van der Waals surface area contributed by atoms with Crippen LogP contribution in [0.5, 0.6) is 0 Å². The van der Waals surface area contributed by atoms with Gasteiger partial charge in [0.15, 0.2) is 0 Å². The Hall–Kier alpha value is -1.59. The SMILES string of the molecule is CCC(=O)N1CCCCC1C(=O)NCCCC(=O)O. The van der Waals surface area contributed by atoms with E-state index >= 15 is 0 Å². The lowest BCUT2D eigenvalue weighted by molar-refractivity contribution is -0.142. The zero-order valence-corrected chi connectivity index (χ0v) is 11.4. The first-order valence-corrected chi connectivity index (χ1v) is 6.85. The highest BCUT2D eigenvalue weighted by Gasteiger charge is 2.30. The zero-order chi connectivity index (χ0) is 14.3. The van der Waals surface area contributed by atoms with Crippen molar-refractivity contribution >= 4 is 17.8 Å². The van der Waals surface area contributed by atoms with E-state index < -0.39 is 5.97 Å². The molecule has 2 N–H and O–H groups in total. The van der Waals surface area contributed by atoms with Crippen molar-refractivity contribution in [3.8, 4) is 0 Å². The Morgan fingerprint density at radius 1 is 1.32 bits per heavy atom. The van der Waals surface area contributed by atoms with Gasteiger partial charge in [-0.1, -0.05) is 6.92 Å². The lowest BCUT2D eigenvalue weighted by Gasteiger charge is -2.34. The molecular formula is C13H22N2O4. The molecule has 6 heteroatoms. The van der Waals surface area contributed by atoms with Gasteiger partial charge in [-0.05, 0) is 25.7 Å². The molecule has 0 aliphatic carbocycles. The maximum atomic E-state index is 12.0. The van der Waals surface area contributed by atoms with E-state index in [1.807, 2.05) is 0 Å². The van der Waals surface area contributed by atoms with Crippen LogP contribution in [0.25, 0.3) is 0 Å². The van der Waals surface area contributed by atoms with E-state index in [-0.39, 0.29) is 24.3 Å². The molecule has 1 aliphatic rings. The molecule has 0 saturated carbocycles. The summed E-state index contributed by atoms with van der Waals surface area (Å²) in [7, 11) is 0. The van der Waals surface area contributed by atoms with E-state index in [4.69, 9.17) is 5.11 Å². The fraction of sp³-hybridized carbons (Fsp3) is 0.769. The maximum Gasteiger partial charge on any atom is 0.303 e. The molecule has 2 amide bonds. The summed E-state index contributed by atoms with van der Waals surface area (Å²) in [5, 5.41) is 11.2. The average Bonchev–Trinajstić information content (AvgIpc) is 2.42. The highest BCUT2D eigenvalue weighted by atomic mass is 16.4. The number of rotatable bonds is 6. The van der Waals surface area contributed by atoms with Gasteiger partial charge in [0.1, 0.15) is 6.04 Å². The Balaban J connectivity index is 2.43. The number of hydrogen-bond acceptors (Lipinski definition) is 3. The number of nitrogens with one attached hydrogen (secondary N) is 1. The highest BCUT2D eigenvalue weighted by molar-refractivity contribution is 5.87. The van der Waals surface area contributed by atoms with Crippen LogP contribution in [0.1, 0.15) is 45.4 Å². The van der Waals surface area contributed by atoms with Crippen molar-refractivity contribution in [1.29, 1.82) is 0 Å². The van der Waals surface area contributed by atoms with Gasteiger partial charge in [0.2, 0.25) is 11.8 Å². The minimum absolute atomic E-state index is 0.00499. The molecule has 1 fully saturated rings. The predicted molar refractivity (Wildman–Crippen MR) is 69.5 cm³/mol. The van der Waals surface area contributed by atoms with Crippen LogP contribution in [0, 0.1) is 0 Å². The van der Waals surface area contributed by atoms with E-state index in [0.29, 0.717) is 32.4 Å². The number of nitrogens with zero attached hydrogens (tertiary/aromatic N) is 1. The van der Waals surface area contributed by atoms with Crippen LogP contribution in [-0.4, -0.2) is 46.9 Å². The largest absolute Gasteiger partial charge is 0.481 e. The predicted octanol–water partition coefficient (Wildman–Crippen LogP) is 0.758. The van der Waals surface area contributed by atoms with Crippen LogP contribution < -0.4 is 5.32 Å². The van der Waals surface area contributed by atoms with Crippen molar-refractivity contribution in [1.82, 2.24) is 10.2 Å². The number of carbonyl (C=O) groups excluding carboxylic acids is 2. The molecule has 0 aromatic rings. The molecular weight excluding hydrogens is 248 g/mol. The van der Waals surface area contributed by atoms with Crippen molar-refractivity contribution in [3.63, 3.8) is 0 Å². The van der Waals surface area contributed by atoms with E-state index in [0.717, 1.165) is 12.8 Å². The summed E-state index contributed by atoms with van der Waals surface area (Å²) in [6, 6.07) is -0.383. The normalized spacial score (nSPS) is 19.0. The second-order valence-corrected chi connectivity index (χ2v) is 4.74. The maximum absolute atomic E-state index is 12.0. The molecule has 0 radical (unpaired) electrons. The summed E-state index contributed by atoms with van der Waals surface area (Å²) in [5.41, 5.74) is 0. The van der Waals surface area contributed by atoms with Gasteiger partial charge in [0.25, 0.3) is 0 Å².